The highest BCUT2D eigenvalue weighted by Crippen LogP contribution is 2.30. The first kappa shape index (κ1) is 24.9. The van der Waals surface area contributed by atoms with E-state index in [0.29, 0.717) is 12.1 Å². The van der Waals surface area contributed by atoms with Crippen molar-refractivity contribution in [1.29, 1.82) is 0 Å². The molecule has 7 N–H and O–H groups in total. The minimum absolute atomic E-state index is 0.0674. The number of benzene rings is 2. The van der Waals surface area contributed by atoms with E-state index >= 15 is 0 Å². The van der Waals surface area contributed by atoms with Gasteiger partial charge in [-0.3, -0.25) is 15.0 Å². The Balaban J connectivity index is 2.22. The lowest BCUT2D eigenvalue weighted by Crippen LogP contribution is -2.45. The highest BCUT2D eigenvalue weighted by atomic mass is 32.2. The van der Waals surface area contributed by atoms with Crippen molar-refractivity contribution in [2.45, 2.75) is 23.8 Å². The first-order chi connectivity index (χ1) is 15.0. The summed E-state index contributed by atoms with van der Waals surface area (Å²) in [5, 5.41) is 8.84. The first-order valence-corrected chi connectivity index (χ1v) is 10.5. The molecular weight excluding hydrogens is 455 g/mol. The molecule has 1 atom stereocenters. The number of carbonyl (C=O) groups excluding carboxylic acids is 1. The average Bonchev–Trinajstić information content (AvgIpc) is 2.73. The largest absolute Gasteiger partial charge is 0.451 e. The van der Waals surface area contributed by atoms with Crippen LogP contribution in [-0.2, 0) is 14.8 Å². The summed E-state index contributed by atoms with van der Waals surface area (Å²) in [5.41, 5.74) is 11.6. The quantitative estimate of drug-likeness (QED) is 0.113. The Bertz CT molecular complexity index is 1070. The summed E-state index contributed by atoms with van der Waals surface area (Å²) in [4.78, 5) is 14.6. The summed E-state index contributed by atoms with van der Waals surface area (Å²) in [6.45, 7) is 0.0674. The Kier molecular flexibility index (Phi) is 8.40. The number of nitrogens with two attached hydrogens (primary N) is 2. The highest BCUT2D eigenvalue weighted by molar-refractivity contribution is 7.89. The summed E-state index contributed by atoms with van der Waals surface area (Å²) in [6.07, 6.45) is 0.00477. The summed E-state index contributed by atoms with van der Waals surface area (Å²) in [5.74, 6) is -5.60. The molecule has 0 saturated heterocycles. The second kappa shape index (κ2) is 10.8. The van der Waals surface area contributed by atoms with Crippen LogP contribution in [-0.4, -0.2) is 38.1 Å². The van der Waals surface area contributed by atoms with Gasteiger partial charge in [-0.25, -0.2) is 27.1 Å². The monoisotopic (exact) mass is 475 g/mol. The van der Waals surface area contributed by atoms with Gasteiger partial charge in [0.2, 0.25) is 10.0 Å². The van der Waals surface area contributed by atoms with Gasteiger partial charge in [-0.15, -0.1) is 0 Å². The van der Waals surface area contributed by atoms with Gasteiger partial charge in [0.1, 0.15) is 17.6 Å². The number of hydroxylamine groups is 1. The van der Waals surface area contributed by atoms with Crippen molar-refractivity contribution < 1.29 is 36.3 Å². The molecule has 174 valence electrons. The molecule has 0 fully saturated rings. The van der Waals surface area contributed by atoms with Crippen LogP contribution in [0, 0.1) is 17.5 Å². The molecule has 1 amide bonds. The fraction of sp³-hybridized carbons (Fsp3) is 0.222. The Morgan fingerprint density at radius 1 is 1.12 bits per heavy atom. The molecule has 0 heterocycles. The fourth-order valence-corrected chi connectivity index (χ4v) is 3.74. The van der Waals surface area contributed by atoms with Gasteiger partial charge in [0.15, 0.2) is 23.3 Å². The molecule has 10 nitrogen and oxygen atoms in total. The SMILES string of the molecule is NC(N)=NCCC[C@@H](NS(=O)(=O)c1cc(F)c(Oc2ccc(F)cc2)c(F)c1)C(=O)NO. The van der Waals surface area contributed by atoms with E-state index in [4.69, 9.17) is 21.4 Å². The first-order valence-electron chi connectivity index (χ1n) is 8.97. The van der Waals surface area contributed by atoms with Crippen molar-refractivity contribution in [2.24, 2.45) is 16.5 Å². The normalized spacial score (nSPS) is 12.1. The number of rotatable bonds is 10. The molecule has 0 aliphatic heterocycles. The smallest absolute Gasteiger partial charge is 0.261 e. The summed E-state index contributed by atoms with van der Waals surface area (Å²) >= 11 is 0. The number of guanidine groups is 1. The van der Waals surface area contributed by atoms with Gasteiger partial charge in [-0.2, -0.15) is 4.72 Å². The molecule has 0 spiro atoms. The number of hydrogen-bond donors (Lipinski definition) is 5. The van der Waals surface area contributed by atoms with Crippen LogP contribution in [0.1, 0.15) is 12.8 Å². The topological polar surface area (TPSA) is 169 Å². The molecule has 2 rings (SSSR count). The van der Waals surface area contributed by atoms with Gasteiger partial charge < -0.3 is 16.2 Å². The van der Waals surface area contributed by atoms with E-state index < -0.39 is 50.1 Å². The number of ether oxygens (including phenoxy) is 1. The van der Waals surface area contributed by atoms with Gasteiger partial charge >= 0.3 is 0 Å². The number of amides is 1. The number of halogens is 3. The van der Waals surface area contributed by atoms with Crippen LogP contribution in [0.5, 0.6) is 11.5 Å². The number of carbonyl (C=O) groups is 1. The molecule has 0 aliphatic rings. The van der Waals surface area contributed by atoms with E-state index in [9.17, 15) is 26.4 Å². The van der Waals surface area contributed by atoms with Crippen LogP contribution in [0.25, 0.3) is 0 Å². The predicted molar refractivity (Wildman–Crippen MR) is 107 cm³/mol. The van der Waals surface area contributed by atoms with E-state index in [1.165, 1.54) is 5.48 Å². The van der Waals surface area contributed by atoms with Gasteiger partial charge in [-0.05, 0) is 49.2 Å². The van der Waals surface area contributed by atoms with Gasteiger partial charge in [0.25, 0.3) is 5.91 Å². The molecular formula is C18H20F3N5O5S. The summed E-state index contributed by atoms with van der Waals surface area (Å²) in [6, 6.07) is 3.75. The van der Waals surface area contributed by atoms with E-state index in [1.807, 2.05) is 4.72 Å². The Morgan fingerprint density at radius 3 is 2.25 bits per heavy atom. The number of nitrogens with one attached hydrogen (secondary N) is 2. The van der Waals surface area contributed by atoms with Crippen molar-refractivity contribution in [2.75, 3.05) is 6.54 Å². The minimum atomic E-state index is -4.60. The molecule has 14 heteroatoms. The lowest BCUT2D eigenvalue weighted by atomic mass is 10.1. The van der Waals surface area contributed by atoms with Gasteiger partial charge in [-0.1, -0.05) is 0 Å². The maximum absolute atomic E-state index is 14.4. The van der Waals surface area contributed by atoms with Crippen molar-refractivity contribution >= 4 is 21.9 Å². The van der Waals surface area contributed by atoms with E-state index in [0.717, 1.165) is 24.3 Å². The highest BCUT2D eigenvalue weighted by Gasteiger charge is 2.27. The second-order valence-electron chi connectivity index (χ2n) is 6.37. The van der Waals surface area contributed by atoms with Crippen molar-refractivity contribution in [3.63, 3.8) is 0 Å². The Morgan fingerprint density at radius 2 is 1.72 bits per heavy atom. The molecule has 2 aromatic rings. The van der Waals surface area contributed by atoms with E-state index in [-0.39, 0.29) is 31.1 Å². The Labute approximate surface area is 181 Å². The van der Waals surface area contributed by atoms with Crippen LogP contribution in [0.15, 0.2) is 46.3 Å². The fourth-order valence-electron chi connectivity index (χ4n) is 2.49. The zero-order valence-electron chi connectivity index (χ0n) is 16.4. The van der Waals surface area contributed by atoms with Crippen LogP contribution >= 0.6 is 0 Å². The average molecular weight is 475 g/mol. The molecule has 32 heavy (non-hydrogen) atoms. The molecule has 0 aliphatic carbocycles. The van der Waals surface area contributed by atoms with Gasteiger partial charge in [0.05, 0.1) is 4.90 Å². The lowest BCUT2D eigenvalue weighted by molar-refractivity contribution is -0.131. The third-order valence-corrected chi connectivity index (χ3v) is 5.44. The second-order valence-corrected chi connectivity index (χ2v) is 8.08. The number of nitrogens with zero attached hydrogens (tertiary/aromatic N) is 1. The molecule has 0 aromatic heterocycles. The number of hydrogen-bond acceptors (Lipinski definition) is 6. The van der Waals surface area contributed by atoms with Crippen LogP contribution in [0.4, 0.5) is 13.2 Å². The predicted octanol–water partition coefficient (Wildman–Crippen LogP) is 1.10. The summed E-state index contributed by atoms with van der Waals surface area (Å²) in [7, 11) is -4.60. The molecule has 0 unspecified atom stereocenters. The van der Waals surface area contributed by atoms with Crippen LogP contribution in [0.3, 0.4) is 0 Å². The standard InChI is InChI=1S/C18H20F3N5O5S/c19-10-3-5-11(6-4-10)31-16-13(20)8-12(9-14(16)21)32(29,30)26-15(17(27)25-28)2-1-7-24-18(22)23/h3-6,8-9,15,26,28H,1-2,7H2,(H,25,27)(H4,22,23,24)/t15-/m1/s1. The van der Waals surface area contributed by atoms with Gasteiger partial charge in [0, 0.05) is 6.54 Å². The lowest BCUT2D eigenvalue weighted by Gasteiger charge is -2.17. The third kappa shape index (κ3) is 6.83. The number of aliphatic imine (C=N–C) groups is 1. The summed E-state index contributed by atoms with van der Waals surface area (Å²) < 4.78 is 73.8. The van der Waals surface area contributed by atoms with Crippen LogP contribution in [0.2, 0.25) is 0 Å². The van der Waals surface area contributed by atoms with Crippen LogP contribution < -0.4 is 26.4 Å². The van der Waals surface area contributed by atoms with Crippen molar-refractivity contribution in [3.8, 4) is 11.5 Å². The molecule has 2 aromatic carbocycles. The van der Waals surface area contributed by atoms with E-state index in [2.05, 4.69) is 4.99 Å². The third-order valence-electron chi connectivity index (χ3n) is 3.99. The zero-order chi connectivity index (χ0) is 23.9. The van der Waals surface area contributed by atoms with E-state index in [1.54, 1.807) is 0 Å². The number of sulfonamides is 1. The minimum Gasteiger partial charge on any atom is -0.451 e. The Hall–Kier alpha value is -3.36. The maximum atomic E-state index is 14.4. The zero-order valence-corrected chi connectivity index (χ0v) is 17.2. The van der Waals surface area contributed by atoms with Crippen molar-refractivity contribution in [1.82, 2.24) is 10.2 Å². The molecule has 0 saturated carbocycles. The molecule has 0 bridgehead atoms. The maximum Gasteiger partial charge on any atom is 0.261 e. The molecule has 0 radical (unpaired) electrons. The van der Waals surface area contributed by atoms with Crippen molar-refractivity contribution in [3.05, 3.63) is 53.8 Å².